The van der Waals surface area contributed by atoms with Crippen LogP contribution in [-0.4, -0.2) is 68.4 Å². The van der Waals surface area contributed by atoms with Gasteiger partial charge in [0.15, 0.2) is 0 Å². The smallest absolute Gasteiger partial charge is 0.267 e. The zero-order valence-corrected chi connectivity index (χ0v) is 19.3. The number of rotatable bonds is 4. The van der Waals surface area contributed by atoms with Gasteiger partial charge in [-0.3, -0.25) is 18.9 Å². The van der Waals surface area contributed by atoms with E-state index >= 15 is 0 Å². The molecule has 3 saturated heterocycles. The van der Waals surface area contributed by atoms with E-state index in [2.05, 4.69) is 4.90 Å². The van der Waals surface area contributed by atoms with Crippen molar-refractivity contribution < 1.29 is 9.53 Å². The maximum Gasteiger partial charge on any atom is 0.267 e. The molecule has 5 heterocycles. The summed E-state index contributed by atoms with van der Waals surface area (Å²) >= 11 is 8.61. The van der Waals surface area contributed by atoms with Gasteiger partial charge in [-0.05, 0) is 31.1 Å². The summed E-state index contributed by atoms with van der Waals surface area (Å²) < 4.78 is 7.72. The molecule has 0 saturated carbocycles. The van der Waals surface area contributed by atoms with E-state index in [0.717, 1.165) is 44.0 Å². The first-order valence-electron chi connectivity index (χ1n) is 10.3. The topological polar surface area (TPSA) is 67.2 Å². The molecule has 0 spiro atoms. The van der Waals surface area contributed by atoms with Crippen molar-refractivity contribution in [2.75, 3.05) is 42.6 Å². The van der Waals surface area contributed by atoms with Crippen molar-refractivity contribution in [2.45, 2.75) is 18.9 Å². The number of hydrogen-bond acceptors (Lipinski definition) is 8. The van der Waals surface area contributed by atoms with Crippen molar-refractivity contribution in [2.24, 2.45) is 0 Å². The van der Waals surface area contributed by atoms with Crippen molar-refractivity contribution in [3.8, 4) is 0 Å². The zero-order valence-electron chi connectivity index (χ0n) is 16.9. The largest absolute Gasteiger partial charge is 0.376 e. The molecule has 10 heteroatoms. The molecule has 0 unspecified atom stereocenters. The molecule has 3 fully saturated rings. The van der Waals surface area contributed by atoms with E-state index in [1.54, 1.807) is 23.2 Å². The highest BCUT2D eigenvalue weighted by Crippen LogP contribution is 2.34. The quantitative estimate of drug-likeness (QED) is 0.495. The van der Waals surface area contributed by atoms with Crippen molar-refractivity contribution in [1.29, 1.82) is 0 Å². The number of amides is 1. The van der Waals surface area contributed by atoms with Crippen LogP contribution in [0, 0.1) is 0 Å². The van der Waals surface area contributed by atoms with Crippen molar-refractivity contribution in [1.82, 2.24) is 14.3 Å². The second-order valence-electron chi connectivity index (χ2n) is 7.61. The fraction of sp³-hybridized carbons (Fsp3) is 0.429. The molecule has 31 heavy (non-hydrogen) atoms. The lowest BCUT2D eigenvalue weighted by Crippen LogP contribution is -2.36. The summed E-state index contributed by atoms with van der Waals surface area (Å²) in [7, 11) is 0. The van der Waals surface area contributed by atoms with Crippen LogP contribution in [-0.2, 0) is 9.53 Å². The van der Waals surface area contributed by atoms with Crippen molar-refractivity contribution in [3.05, 3.63) is 45.2 Å². The van der Waals surface area contributed by atoms with E-state index in [1.807, 2.05) is 23.9 Å². The predicted octanol–water partition coefficient (Wildman–Crippen LogP) is 2.63. The van der Waals surface area contributed by atoms with Crippen LogP contribution < -0.4 is 10.5 Å². The molecule has 5 rings (SSSR count). The van der Waals surface area contributed by atoms with Crippen LogP contribution in [0.15, 0.2) is 34.1 Å². The lowest BCUT2D eigenvalue weighted by Gasteiger charge is -2.28. The average Bonchev–Trinajstić information content (AvgIpc) is 3.40. The second kappa shape index (κ2) is 8.93. The Hall–Kier alpha value is -1.88. The SMILES string of the molecule is O=C1/C(=C/c2c(N3CCSCC3)nc3ccccn3c2=O)SC(=S)N1C[C@H]1CCCO1. The number of fused-ring (bicyclic) bond motifs is 1. The van der Waals surface area contributed by atoms with Gasteiger partial charge in [-0.25, -0.2) is 4.98 Å². The van der Waals surface area contributed by atoms with Gasteiger partial charge in [0.25, 0.3) is 11.5 Å². The first kappa shape index (κ1) is 21.0. The van der Waals surface area contributed by atoms with Crippen molar-refractivity contribution >= 4 is 63.5 Å². The lowest BCUT2D eigenvalue weighted by atomic mass is 10.2. The Balaban J connectivity index is 1.55. The number of pyridine rings is 1. The van der Waals surface area contributed by atoms with Crippen LogP contribution in [0.4, 0.5) is 5.82 Å². The molecule has 2 aromatic rings. The maximum atomic E-state index is 13.4. The van der Waals surface area contributed by atoms with Crippen LogP contribution in [0.5, 0.6) is 0 Å². The van der Waals surface area contributed by atoms with Crippen LogP contribution in [0.25, 0.3) is 11.7 Å². The van der Waals surface area contributed by atoms with Crippen molar-refractivity contribution in [3.63, 3.8) is 0 Å². The number of thioether (sulfide) groups is 2. The minimum atomic E-state index is -0.178. The maximum absolute atomic E-state index is 13.4. The Morgan fingerprint density at radius 3 is 2.87 bits per heavy atom. The first-order valence-corrected chi connectivity index (χ1v) is 12.7. The van der Waals surface area contributed by atoms with Crippen LogP contribution in [0.1, 0.15) is 18.4 Å². The molecule has 0 bridgehead atoms. The fourth-order valence-electron chi connectivity index (χ4n) is 4.01. The highest BCUT2D eigenvalue weighted by molar-refractivity contribution is 8.26. The second-order valence-corrected chi connectivity index (χ2v) is 10.5. The Labute approximate surface area is 193 Å². The highest BCUT2D eigenvalue weighted by atomic mass is 32.2. The molecule has 3 aliphatic rings. The van der Waals surface area contributed by atoms with Crippen LogP contribution in [0.2, 0.25) is 0 Å². The van der Waals surface area contributed by atoms with Gasteiger partial charge in [-0.2, -0.15) is 11.8 Å². The third-order valence-electron chi connectivity index (χ3n) is 5.62. The van der Waals surface area contributed by atoms with E-state index in [9.17, 15) is 9.59 Å². The van der Waals surface area contributed by atoms with E-state index in [-0.39, 0.29) is 17.6 Å². The molecule has 1 amide bonds. The summed E-state index contributed by atoms with van der Waals surface area (Å²) in [5, 5.41) is 0. The van der Waals surface area contributed by atoms with Gasteiger partial charge in [0.05, 0.1) is 23.1 Å². The minimum Gasteiger partial charge on any atom is -0.376 e. The van der Waals surface area contributed by atoms with E-state index in [1.165, 1.54) is 16.2 Å². The number of thiocarbonyl (C=S) groups is 1. The summed E-state index contributed by atoms with van der Waals surface area (Å²) in [5.41, 5.74) is 0.861. The summed E-state index contributed by atoms with van der Waals surface area (Å²) in [6.07, 6.45) is 5.35. The Morgan fingerprint density at radius 1 is 1.26 bits per heavy atom. The van der Waals surface area contributed by atoms with Gasteiger partial charge in [-0.15, -0.1) is 0 Å². The third kappa shape index (κ3) is 4.13. The zero-order chi connectivity index (χ0) is 21.4. The molecule has 3 aliphatic heterocycles. The number of carbonyl (C=O) groups excluding carboxylic acids is 1. The molecule has 7 nitrogen and oxygen atoms in total. The molecule has 0 aliphatic carbocycles. The lowest BCUT2D eigenvalue weighted by molar-refractivity contribution is -0.123. The molecular formula is C21H22N4O3S3. The van der Waals surface area contributed by atoms with Gasteiger partial charge in [0.1, 0.15) is 15.8 Å². The third-order valence-corrected chi connectivity index (χ3v) is 7.94. The van der Waals surface area contributed by atoms with Crippen LogP contribution in [0.3, 0.4) is 0 Å². The van der Waals surface area contributed by atoms with Gasteiger partial charge >= 0.3 is 0 Å². The normalized spacial score (nSPS) is 23.5. The predicted molar refractivity (Wildman–Crippen MR) is 130 cm³/mol. The Kier molecular flexibility index (Phi) is 6.05. The monoisotopic (exact) mass is 474 g/mol. The minimum absolute atomic E-state index is 0.0243. The molecule has 2 aromatic heterocycles. The molecule has 0 radical (unpaired) electrons. The van der Waals surface area contributed by atoms with Gasteiger partial charge < -0.3 is 9.64 Å². The first-order chi connectivity index (χ1) is 15.1. The number of nitrogens with zero attached hydrogens (tertiary/aromatic N) is 4. The number of aromatic nitrogens is 2. The summed E-state index contributed by atoms with van der Waals surface area (Å²) in [4.78, 5) is 35.5. The molecular weight excluding hydrogens is 452 g/mol. The fourth-order valence-corrected chi connectivity index (χ4v) is 6.17. The van der Waals surface area contributed by atoms with Gasteiger partial charge in [0.2, 0.25) is 0 Å². The average molecular weight is 475 g/mol. The number of hydrogen-bond donors (Lipinski definition) is 0. The molecule has 1 atom stereocenters. The molecule has 0 N–H and O–H groups in total. The van der Waals surface area contributed by atoms with Gasteiger partial charge in [-0.1, -0.05) is 30.0 Å². The van der Waals surface area contributed by atoms with E-state index in [4.69, 9.17) is 21.9 Å². The van der Waals surface area contributed by atoms with E-state index < -0.39 is 0 Å². The number of anilines is 1. The number of carbonyl (C=O) groups is 1. The highest BCUT2D eigenvalue weighted by Gasteiger charge is 2.35. The Bertz CT molecular complexity index is 1120. The standard InChI is InChI=1S/C21H22N4O3S3/c26-19-15(12-16-20(27)25(21(29)31-16)13-14-4-3-9-28-14)18(23-7-10-30-11-8-23)22-17-5-1-2-6-24(17)19/h1-2,5-6,12,14H,3-4,7-11,13H2/b16-12-/t14-/m1/s1. The summed E-state index contributed by atoms with van der Waals surface area (Å²) in [5.74, 6) is 2.45. The van der Waals surface area contributed by atoms with Gasteiger partial charge in [0, 0.05) is 37.4 Å². The summed E-state index contributed by atoms with van der Waals surface area (Å²) in [6.45, 7) is 2.83. The summed E-state index contributed by atoms with van der Waals surface area (Å²) in [6, 6.07) is 5.50. The molecule has 162 valence electrons. The Morgan fingerprint density at radius 2 is 2.10 bits per heavy atom. The molecule has 0 aromatic carbocycles. The number of ether oxygens (including phenoxy) is 1. The van der Waals surface area contributed by atoms with Crippen LogP contribution >= 0.6 is 35.7 Å². The van der Waals surface area contributed by atoms with E-state index in [0.29, 0.717) is 32.8 Å².